The van der Waals surface area contributed by atoms with E-state index in [1.807, 2.05) is 0 Å². The van der Waals surface area contributed by atoms with Gasteiger partial charge >= 0.3 is 35.7 Å². The monoisotopic (exact) mass is 1110 g/mol. The lowest BCUT2D eigenvalue weighted by Gasteiger charge is -2.33. The Morgan fingerprint density at radius 2 is 0.743 bits per heavy atom. The van der Waals surface area contributed by atoms with Gasteiger partial charge in [0.2, 0.25) is 0 Å². The summed E-state index contributed by atoms with van der Waals surface area (Å²) in [4.78, 5) is 224. The highest BCUT2D eigenvalue weighted by atomic mass is 79.9. The van der Waals surface area contributed by atoms with Gasteiger partial charge in [0.15, 0.2) is 0 Å². The van der Waals surface area contributed by atoms with Crippen molar-refractivity contribution >= 4 is 127 Å². The molecule has 0 aromatic rings. The Balaban J connectivity index is 1.36. The molecule has 4 aliphatic rings. The second-order valence-corrected chi connectivity index (χ2v) is 15.4. The zero-order chi connectivity index (χ0) is 52.0. The van der Waals surface area contributed by atoms with E-state index in [4.69, 9.17) is 32.2 Å². The number of terminal acetylenes is 2. The minimum atomic E-state index is -1.64. The first-order valence-corrected chi connectivity index (χ1v) is 22.0. The summed E-state index contributed by atoms with van der Waals surface area (Å²) in [7, 11) is 0. The van der Waals surface area contributed by atoms with Crippen molar-refractivity contribution in [3.63, 3.8) is 0 Å². The molecule has 28 nitrogen and oxygen atoms in total. The number of halogens is 2. The molecule has 70 heavy (non-hydrogen) atoms. The highest BCUT2D eigenvalue weighted by molar-refractivity contribution is 9.11. The SMILES string of the molecule is C#CC(=O)N(CCC(=O)ON1C(=O)CCC1=O)N(CCC(=O)ON1C(=O)CC(C2CC(=O)N(OC(=O)CCN(C(=O)/C=C/Br)N(CCC(=O)ON3C(=O)CCC3=O)C(=O)/C=C/Br)C2=O)C1=O)C(=O)C#C. The Kier molecular flexibility index (Phi) is 19.3. The molecule has 0 N–H and O–H groups in total. The van der Waals surface area contributed by atoms with Gasteiger partial charge in [0, 0.05) is 50.7 Å². The fraction of sp³-hybridized carbons (Fsp3) is 0.400. The third kappa shape index (κ3) is 13.5. The first kappa shape index (κ1) is 54.5. The third-order valence-electron chi connectivity index (χ3n) is 9.88. The van der Waals surface area contributed by atoms with Crippen LogP contribution in [-0.2, 0) is 96.1 Å². The minimum absolute atomic E-state index is 0.00990. The number of rotatable bonds is 19. The van der Waals surface area contributed by atoms with Gasteiger partial charge in [-0.1, -0.05) is 31.9 Å². The summed E-state index contributed by atoms with van der Waals surface area (Å²) in [6.45, 7) is -2.86. The zero-order valence-corrected chi connectivity index (χ0v) is 39.2. The molecule has 0 radical (unpaired) electrons. The van der Waals surface area contributed by atoms with Crippen molar-refractivity contribution < 1.29 is 96.1 Å². The molecule has 0 saturated carbocycles. The van der Waals surface area contributed by atoms with Gasteiger partial charge in [-0.15, -0.1) is 33.1 Å². The molecule has 4 heterocycles. The molecule has 4 aliphatic heterocycles. The number of imide groups is 4. The fourth-order valence-electron chi connectivity index (χ4n) is 6.57. The van der Waals surface area contributed by atoms with E-state index in [0.717, 1.165) is 22.1 Å². The first-order chi connectivity index (χ1) is 33.2. The number of carbonyl (C=O) groups is 16. The number of hydrazine groups is 2. The van der Waals surface area contributed by atoms with Crippen LogP contribution in [0, 0.1) is 36.5 Å². The Morgan fingerprint density at radius 1 is 0.471 bits per heavy atom. The van der Waals surface area contributed by atoms with E-state index in [-0.39, 0.29) is 45.9 Å². The maximum absolute atomic E-state index is 13.4. The molecule has 4 rings (SSSR count). The van der Waals surface area contributed by atoms with Crippen LogP contribution in [0.4, 0.5) is 0 Å². The van der Waals surface area contributed by atoms with E-state index in [9.17, 15) is 76.7 Å². The van der Waals surface area contributed by atoms with Crippen LogP contribution in [0.25, 0.3) is 0 Å². The van der Waals surface area contributed by atoms with Crippen molar-refractivity contribution in [3.8, 4) is 24.7 Å². The lowest BCUT2D eigenvalue weighted by atomic mass is 9.89. The van der Waals surface area contributed by atoms with Gasteiger partial charge in [0.05, 0.1) is 63.7 Å². The lowest BCUT2D eigenvalue weighted by Crippen LogP contribution is -2.51. The summed E-state index contributed by atoms with van der Waals surface area (Å²) in [6.07, 6.45) is 6.68. The van der Waals surface area contributed by atoms with Crippen LogP contribution in [0.1, 0.15) is 64.2 Å². The number of hydroxylamine groups is 8. The highest BCUT2D eigenvalue weighted by Crippen LogP contribution is 2.35. The predicted molar refractivity (Wildman–Crippen MR) is 226 cm³/mol. The quantitative estimate of drug-likeness (QED) is 0.0566. The van der Waals surface area contributed by atoms with Gasteiger partial charge in [-0.2, -0.15) is 0 Å². The summed E-state index contributed by atoms with van der Waals surface area (Å²) in [5.41, 5.74) is 0. The molecule has 4 saturated heterocycles. The second-order valence-electron chi connectivity index (χ2n) is 14.3. The normalized spacial score (nSPS) is 17.8. The van der Waals surface area contributed by atoms with Gasteiger partial charge in [0.25, 0.3) is 59.1 Å². The molecule has 0 aliphatic carbocycles. The molecule has 0 spiro atoms. The van der Waals surface area contributed by atoms with Crippen LogP contribution in [0.5, 0.6) is 0 Å². The van der Waals surface area contributed by atoms with Crippen LogP contribution in [-0.4, -0.2) is 161 Å². The summed E-state index contributed by atoms with van der Waals surface area (Å²) in [5.74, 6) is -17.4. The molecule has 0 aromatic heterocycles. The summed E-state index contributed by atoms with van der Waals surface area (Å²) >= 11 is 5.83. The van der Waals surface area contributed by atoms with Gasteiger partial charge < -0.3 is 19.4 Å². The lowest BCUT2D eigenvalue weighted by molar-refractivity contribution is -0.201. The Morgan fingerprint density at radius 3 is 1.01 bits per heavy atom. The van der Waals surface area contributed by atoms with Crippen LogP contribution >= 0.6 is 31.9 Å². The molecule has 2 unspecified atom stereocenters. The molecule has 0 bridgehead atoms. The van der Waals surface area contributed by atoms with E-state index >= 15 is 0 Å². The Bertz CT molecular complexity index is 2430. The highest BCUT2D eigenvalue weighted by Gasteiger charge is 2.54. The van der Waals surface area contributed by atoms with Gasteiger partial charge in [-0.3, -0.25) is 57.5 Å². The maximum Gasteiger partial charge on any atom is 0.335 e. The van der Waals surface area contributed by atoms with E-state index < -0.39 is 171 Å². The van der Waals surface area contributed by atoms with Crippen LogP contribution in [0.2, 0.25) is 0 Å². The van der Waals surface area contributed by atoms with E-state index in [1.165, 1.54) is 0 Å². The molecule has 12 amide bonds. The maximum atomic E-state index is 13.4. The van der Waals surface area contributed by atoms with Crippen LogP contribution in [0.15, 0.2) is 22.1 Å². The number of nitrogens with zero attached hydrogens (tertiary/aromatic N) is 8. The summed E-state index contributed by atoms with van der Waals surface area (Å²) < 4.78 is 0. The third-order valence-corrected chi connectivity index (χ3v) is 10.4. The van der Waals surface area contributed by atoms with E-state index in [2.05, 4.69) is 31.9 Å². The number of carbonyl (C=O) groups excluding carboxylic acids is 16. The fourth-order valence-corrected chi connectivity index (χ4v) is 7.02. The average molecular weight is 1110 g/mol. The first-order valence-electron chi connectivity index (χ1n) is 20.2. The average Bonchev–Trinajstić information content (AvgIpc) is 4.00. The van der Waals surface area contributed by atoms with Gasteiger partial charge in [-0.25, -0.2) is 39.2 Å². The number of amides is 12. The minimum Gasteiger partial charge on any atom is -0.330 e. The topological polar surface area (TPSA) is 336 Å². The molecule has 4 fully saturated rings. The molecular formula is C40H36Br2N8O20. The smallest absolute Gasteiger partial charge is 0.330 e. The Labute approximate surface area is 410 Å². The van der Waals surface area contributed by atoms with Crippen molar-refractivity contribution in [2.45, 2.75) is 64.2 Å². The van der Waals surface area contributed by atoms with Crippen molar-refractivity contribution in [2.75, 3.05) is 26.2 Å². The molecule has 370 valence electrons. The molecule has 30 heteroatoms. The number of hydrogen-bond acceptors (Lipinski definition) is 20. The number of hydrogen-bond donors (Lipinski definition) is 0. The zero-order valence-electron chi connectivity index (χ0n) is 36.0. The summed E-state index contributed by atoms with van der Waals surface area (Å²) in [5, 5.41) is 2.82. The molecule has 2 atom stereocenters. The Hall–Kier alpha value is -8.12. The van der Waals surface area contributed by atoms with Crippen molar-refractivity contribution in [1.82, 2.24) is 40.3 Å². The molecular weight excluding hydrogens is 1070 g/mol. The second kappa shape index (κ2) is 24.8. The molecule has 0 aromatic carbocycles. The van der Waals surface area contributed by atoms with Gasteiger partial charge in [-0.05, 0) is 21.8 Å². The van der Waals surface area contributed by atoms with E-state index in [0.29, 0.717) is 20.0 Å². The van der Waals surface area contributed by atoms with Crippen molar-refractivity contribution in [1.29, 1.82) is 0 Å². The standard InChI is InChI=1S/C40H36Br2N8O20/c1-3-25(51)43(17-11-35(61)67-47-29(55)5-6-30(47)56)44(26(52)4-2)18-12-37(63)69-49-33(59)21-23(39(49)65)24-22-34(60)50(40(24)66)70-38(64)14-20-46(28(54)10-16-42)45(27(53)9-15-41)19-13-36(62)68-48-31(57)7-8-32(48)58/h1-2,9-10,15-16,23-24H,5-8,11-14,17-22H2/b15-9+,16-10+. The summed E-state index contributed by atoms with van der Waals surface area (Å²) in [6, 6.07) is 0. The van der Waals surface area contributed by atoms with E-state index in [1.54, 1.807) is 11.8 Å². The van der Waals surface area contributed by atoms with Crippen molar-refractivity contribution in [2.24, 2.45) is 11.8 Å². The predicted octanol–water partition coefficient (Wildman–Crippen LogP) is -2.34. The van der Waals surface area contributed by atoms with Crippen LogP contribution in [0.3, 0.4) is 0 Å². The largest absolute Gasteiger partial charge is 0.335 e. The van der Waals surface area contributed by atoms with Gasteiger partial charge in [0.1, 0.15) is 0 Å². The van der Waals surface area contributed by atoms with Crippen molar-refractivity contribution in [3.05, 3.63) is 22.1 Å². The van der Waals surface area contributed by atoms with Crippen LogP contribution < -0.4 is 0 Å².